The molecule has 0 N–H and O–H groups in total. The van der Waals surface area contributed by atoms with Crippen LogP contribution >= 0.6 is 0 Å². The summed E-state index contributed by atoms with van der Waals surface area (Å²) in [5, 5.41) is 8.65. The third kappa shape index (κ3) is 4.48. The quantitative estimate of drug-likeness (QED) is 0.614. The van der Waals surface area contributed by atoms with Crippen molar-refractivity contribution in [3.8, 4) is 6.07 Å². The molecule has 1 aliphatic heterocycles. The van der Waals surface area contributed by atoms with E-state index in [0.29, 0.717) is 12.6 Å². The Morgan fingerprint density at radius 2 is 2.12 bits per heavy atom. The van der Waals surface area contributed by atoms with Crippen molar-refractivity contribution in [3.63, 3.8) is 0 Å². The molecule has 0 aliphatic carbocycles. The molecular weight excluding hydrogens is 200 g/mol. The molecule has 0 aromatic rings. The van der Waals surface area contributed by atoms with E-state index >= 15 is 0 Å². The van der Waals surface area contributed by atoms with E-state index in [1.807, 2.05) is 0 Å². The summed E-state index contributed by atoms with van der Waals surface area (Å²) >= 11 is 0. The highest BCUT2D eigenvalue weighted by molar-refractivity contribution is 4.86. The first-order chi connectivity index (χ1) is 7.63. The van der Waals surface area contributed by atoms with Gasteiger partial charge in [-0.2, -0.15) is 5.26 Å². The number of nitrogens with zero attached hydrogens (tertiary/aromatic N) is 4. The zero-order valence-corrected chi connectivity index (χ0v) is 10.8. The van der Waals surface area contributed by atoms with Gasteiger partial charge in [0.15, 0.2) is 0 Å². The van der Waals surface area contributed by atoms with Crippen molar-refractivity contribution in [2.24, 2.45) is 0 Å². The van der Waals surface area contributed by atoms with Crippen molar-refractivity contribution in [1.82, 2.24) is 14.7 Å². The highest BCUT2D eigenvalue weighted by atomic mass is 15.2. The monoisotopic (exact) mass is 224 g/mol. The van der Waals surface area contributed by atoms with E-state index in [0.717, 1.165) is 13.1 Å². The van der Waals surface area contributed by atoms with E-state index in [4.69, 9.17) is 5.26 Å². The predicted octanol–water partition coefficient (Wildman–Crippen LogP) is 0.468. The lowest BCUT2D eigenvalue weighted by Crippen LogP contribution is -2.35. The van der Waals surface area contributed by atoms with Gasteiger partial charge in [-0.1, -0.05) is 0 Å². The smallest absolute Gasteiger partial charge is 0.0866 e. The molecule has 1 heterocycles. The van der Waals surface area contributed by atoms with Gasteiger partial charge in [0, 0.05) is 12.6 Å². The first kappa shape index (κ1) is 13.4. The van der Waals surface area contributed by atoms with E-state index in [-0.39, 0.29) is 0 Å². The third-order valence-electron chi connectivity index (χ3n) is 3.27. The van der Waals surface area contributed by atoms with Gasteiger partial charge < -0.3 is 9.80 Å². The van der Waals surface area contributed by atoms with Crippen LogP contribution < -0.4 is 0 Å². The summed E-state index contributed by atoms with van der Waals surface area (Å²) in [5.41, 5.74) is 0. The molecule has 1 aliphatic rings. The topological polar surface area (TPSA) is 33.5 Å². The van der Waals surface area contributed by atoms with E-state index in [1.54, 1.807) is 0 Å². The normalized spacial score (nSPS) is 21.9. The molecule has 1 unspecified atom stereocenters. The molecule has 1 saturated heterocycles. The maximum absolute atomic E-state index is 8.65. The Morgan fingerprint density at radius 3 is 2.75 bits per heavy atom. The van der Waals surface area contributed by atoms with Crippen LogP contribution in [0.1, 0.15) is 12.8 Å². The number of nitriles is 1. The summed E-state index contributed by atoms with van der Waals surface area (Å²) in [6.07, 6.45) is 2.45. The van der Waals surface area contributed by atoms with Crippen LogP contribution in [-0.4, -0.2) is 74.6 Å². The van der Waals surface area contributed by atoms with Crippen molar-refractivity contribution in [2.45, 2.75) is 18.9 Å². The van der Waals surface area contributed by atoms with Crippen LogP contribution in [0.5, 0.6) is 0 Å². The fraction of sp³-hybridized carbons (Fsp3) is 0.917. The van der Waals surface area contributed by atoms with Crippen LogP contribution in [0, 0.1) is 11.3 Å². The molecule has 0 bridgehead atoms. The first-order valence-electron chi connectivity index (χ1n) is 6.07. The zero-order valence-electron chi connectivity index (χ0n) is 10.8. The van der Waals surface area contributed by atoms with Gasteiger partial charge in [-0.3, -0.25) is 4.90 Å². The van der Waals surface area contributed by atoms with Crippen LogP contribution in [0.25, 0.3) is 0 Å². The SMILES string of the molecule is CN(C)CCCN1CCC(N(C)CC#N)C1. The van der Waals surface area contributed by atoms with Gasteiger partial charge in [0.2, 0.25) is 0 Å². The molecule has 16 heavy (non-hydrogen) atoms. The van der Waals surface area contributed by atoms with Crippen molar-refractivity contribution in [2.75, 3.05) is 53.9 Å². The number of likely N-dealkylation sites (tertiary alicyclic amines) is 1. The Morgan fingerprint density at radius 1 is 1.38 bits per heavy atom. The van der Waals surface area contributed by atoms with Crippen LogP contribution in [-0.2, 0) is 0 Å². The lowest BCUT2D eigenvalue weighted by molar-refractivity contribution is 0.245. The summed E-state index contributed by atoms with van der Waals surface area (Å²) < 4.78 is 0. The van der Waals surface area contributed by atoms with Crippen molar-refractivity contribution >= 4 is 0 Å². The number of hydrogen-bond donors (Lipinski definition) is 0. The fourth-order valence-corrected chi connectivity index (χ4v) is 2.23. The minimum Gasteiger partial charge on any atom is -0.309 e. The molecule has 0 amide bonds. The molecule has 0 aromatic heterocycles. The molecule has 0 spiro atoms. The molecule has 4 nitrogen and oxygen atoms in total. The fourth-order valence-electron chi connectivity index (χ4n) is 2.23. The molecule has 1 atom stereocenters. The third-order valence-corrected chi connectivity index (χ3v) is 3.27. The maximum atomic E-state index is 8.65. The lowest BCUT2D eigenvalue weighted by Gasteiger charge is -2.22. The zero-order chi connectivity index (χ0) is 12.0. The molecule has 92 valence electrons. The van der Waals surface area contributed by atoms with Gasteiger partial charge >= 0.3 is 0 Å². The summed E-state index contributed by atoms with van der Waals surface area (Å²) in [7, 11) is 6.29. The van der Waals surface area contributed by atoms with E-state index in [2.05, 4.69) is 41.9 Å². The molecule has 0 radical (unpaired) electrons. The van der Waals surface area contributed by atoms with Gasteiger partial charge in [0.05, 0.1) is 12.6 Å². The predicted molar refractivity (Wildman–Crippen MR) is 66.3 cm³/mol. The second-order valence-electron chi connectivity index (χ2n) is 4.97. The highest BCUT2D eigenvalue weighted by Crippen LogP contribution is 2.14. The van der Waals surface area contributed by atoms with Crippen molar-refractivity contribution in [3.05, 3.63) is 0 Å². The van der Waals surface area contributed by atoms with Gasteiger partial charge in [-0.25, -0.2) is 0 Å². The summed E-state index contributed by atoms with van der Waals surface area (Å²) in [5.74, 6) is 0. The standard InChI is InChI=1S/C12H24N4/c1-14(2)7-4-8-16-9-5-12(11-16)15(3)10-6-13/h12H,4-5,7-11H2,1-3H3. The van der Waals surface area contributed by atoms with Crippen LogP contribution in [0.15, 0.2) is 0 Å². The Balaban J connectivity index is 2.17. The molecule has 0 saturated carbocycles. The van der Waals surface area contributed by atoms with E-state index in [9.17, 15) is 0 Å². The van der Waals surface area contributed by atoms with Crippen molar-refractivity contribution < 1.29 is 0 Å². The Bertz CT molecular complexity index is 234. The lowest BCUT2D eigenvalue weighted by atomic mass is 10.2. The maximum Gasteiger partial charge on any atom is 0.0866 e. The second-order valence-corrected chi connectivity index (χ2v) is 4.97. The minimum absolute atomic E-state index is 0.552. The average molecular weight is 224 g/mol. The Labute approximate surface area is 99.4 Å². The molecule has 4 heteroatoms. The van der Waals surface area contributed by atoms with Crippen LogP contribution in [0.3, 0.4) is 0 Å². The molecule has 1 fully saturated rings. The molecule has 1 rings (SSSR count). The largest absolute Gasteiger partial charge is 0.309 e. The highest BCUT2D eigenvalue weighted by Gasteiger charge is 2.24. The van der Waals surface area contributed by atoms with Gasteiger partial charge in [-0.05, 0) is 53.6 Å². The summed E-state index contributed by atoms with van der Waals surface area (Å²) in [4.78, 5) is 6.92. The van der Waals surface area contributed by atoms with E-state index in [1.165, 1.54) is 25.9 Å². The first-order valence-corrected chi connectivity index (χ1v) is 6.07. The Hall–Kier alpha value is -0.630. The Kier molecular flexibility index (Phi) is 5.75. The summed E-state index contributed by atoms with van der Waals surface area (Å²) in [6, 6.07) is 2.80. The number of likely N-dealkylation sites (N-methyl/N-ethyl adjacent to an activating group) is 1. The van der Waals surface area contributed by atoms with Gasteiger partial charge in [-0.15, -0.1) is 0 Å². The van der Waals surface area contributed by atoms with Gasteiger partial charge in [0.25, 0.3) is 0 Å². The molecule has 0 aromatic carbocycles. The van der Waals surface area contributed by atoms with Crippen LogP contribution in [0.4, 0.5) is 0 Å². The second kappa shape index (κ2) is 6.85. The molecular formula is C12H24N4. The van der Waals surface area contributed by atoms with Crippen LogP contribution in [0.2, 0.25) is 0 Å². The summed E-state index contributed by atoms with van der Waals surface area (Å²) in [6.45, 7) is 5.22. The van der Waals surface area contributed by atoms with E-state index < -0.39 is 0 Å². The van der Waals surface area contributed by atoms with Crippen molar-refractivity contribution in [1.29, 1.82) is 5.26 Å². The average Bonchev–Trinajstić information content (AvgIpc) is 2.66. The number of rotatable bonds is 6. The number of hydrogen-bond acceptors (Lipinski definition) is 4. The van der Waals surface area contributed by atoms with Gasteiger partial charge in [0.1, 0.15) is 0 Å². The minimum atomic E-state index is 0.552.